The van der Waals surface area contributed by atoms with E-state index in [0.29, 0.717) is 24.3 Å². The van der Waals surface area contributed by atoms with E-state index in [9.17, 15) is 24.8 Å². The van der Waals surface area contributed by atoms with Gasteiger partial charge in [-0.3, -0.25) is 19.7 Å². The highest BCUT2D eigenvalue weighted by atomic mass is 16.6. The molecule has 0 bridgehead atoms. The number of nitrogens with zero attached hydrogens (tertiary/aromatic N) is 2. The monoisotopic (exact) mass is 422 g/mol. The summed E-state index contributed by atoms with van der Waals surface area (Å²) >= 11 is 0. The van der Waals surface area contributed by atoms with E-state index in [1.165, 1.54) is 29.2 Å². The second-order valence-corrected chi connectivity index (χ2v) is 6.97. The van der Waals surface area contributed by atoms with Gasteiger partial charge in [0.1, 0.15) is 18.1 Å². The maximum absolute atomic E-state index is 12.9. The average molecular weight is 422 g/mol. The van der Waals surface area contributed by atoms with Gasteiger partial charge >= 0.3 is 0 Å². The van der Waals surface area contributed by atoms with Crippen LogP contribution < -0.4 is 4.74 Å². The van der Waals surface area contributed by atoms with Crippen molar-refractivity contribution in [1.29, 1.82) is 0 Å². The van der Waals surface area contributed by atoms with Gasteiger partial charge in [-0.2, -0.15) is 0 Å². The number of nitro groups is 1. The number of likely N-dealkylation sites (tertiary alicyclic amines) is 1. The molecule has 31 heavy (non-hydrogen) atoms. The number of rotatable bonds is 8. The van der Waals surface area contributed by atoms with Crippen LogP contribution in [-0.2, 0) is 9.59 Å². The van der Waals surface area contributed by atoms with Crippen molar-refractivity contribution in [3.05, 3.63) is 88.0 Å². The number of aliphatic hydroxyl groups is 1. The molecule has 1 aliphatic rings. The van der Waals surface area contributed by atoms with Crippen LogP contribution in [0.4, 0.5) is 5.69 Å². The molecule has 1 fully saturated rings. The molecule has 0 spiro atoms. The normalized spacial score (nSPS) is 17.6. The van der Waals surface area contributed by atoms with Crippen LogP contribution in [0.1, 0.15) is 30.5 Å². The summed E-state index contributed by atoms with van der Waals surface area (Å²) in [6.07, 6.45) is 2.20. The molecule has 0 aliphatic carbocycles. The number of ketones is 1. The van der Waals surface area contributed by atoms with Gasteiger partial charge in [0.25, 0.3) is 17.4 Å². The highest BCUT2D eigenvalue weighted by Crippen LogP contribution is 2.40. The number of ether oxygens (including phenoxy) is 1. The molecule has 1 unspecified atom stereocenters. The van der Waals surface area contributed by atoms with Crippen molar-refractivity contribution in [2.45, 2.75) is 19.4 Å². The predicted molar refractivity (Wildman–Crippen MR) is 115 cm³/mol. The lowest BCUT2D eigenvalue weighted by molar-refractivity contribution is -0.384. The Balaban J connectivity index is 2.16. The molecular formula is C23H22N2O6. The first-order chi connectivity index (χ1) is 14.9. The van der Waals surface area contributed by atoms with Crippen LogP contribution in [0.5, 0.6) is 5.75 Å². The van der Waals surface area contributed by atoms with E-state index in [1.807, 2.05) is 6.92 Å². The summed E-state index contributed by atoms with van der Waals surface area (Å²) in [5.74, 6) is -1.49. The Kier molecular flexibility index (Phi) is 6.49. The second-order valence-electron chi connectivity index (χ2n) is 6.97. The summed E-state index contributed by atoms with van der Waals surface area (Å²) in [4.78, 5) is 37.5. The van der Waals surface area contributed by atoms with Gasteiger partial charge in [0, 0.05) is 24.2 Å². The van der Waals surface area contributed by atoms with Gasteiger partial charge in [-0.05, 0) is 24.1 Å². The minimum Gasteiger partial charge on any atom is -0.507 e. The smallest absolute Gasteiger partial charge is 0.295 e. The Morgan fingerprint density at radius 2 is 2.00 bits per heavy atom. The molecule has 1 aliphatic heterocycles. The minimum atomic E-state index is -0.841. The molecule has 160 valence electrons. The number of non-ortho nitro benzene ring substituents is 1. The number of amides is 1. The van der Waals surface area contributed by atoms with Crippen molar-refractivity contribution < 1.29 is 24.4 Å². The molecule has 8 nitrogen and oxygen atoms in total. The molecule has 1 atom stereocenters. The average Bonchev–Trinajstić information content (AvgIpc) is 3.02. The number of nitro benzene ring substituents is 1. The number of aliphatic hydroxyl groups excluding tert-OH is 1. The highest BCUT2D eigenvalue weighted by molar-refractivity contribution is 6.46. The molecule has 2 aromatic carbocycles. The molecule has 3 rings (SSSR count). The summed E-state index contributed by atoms with van der Waals surface area (Å²) in [5, 5.41) is 22.1. The van der Waals surface area contributed by atoms with Crippen LogP contribution in [0, 0.1) is 10.1 Å². The first kappa shape index (κ1) is 21.8. The molecule has 1 saturated heterocycles. The lowest BCUT2D eigenvalue weighted by atomic mass is 9.95. The van der Waals surface area contributed by atoms with Crippen molar-refractivity contribution in [1.82, 2.24) is 4.90 Å². The Labute approximate surface area is 179 Å². The third kappa shape index (κ3) is 4.32. The van der Waals surface area contributed by atoms with Gasteiger partial charge in [-0.1, -0.05) is 43.8 Å². The summed E-state index contributed by atoms with van der Waals surface area (Å²) in [6, 6.07) is 11.4. The van der Waals surface area contributed by atoms with E-state index in [1.54, 1.807) is 30.3 Å². The summed E-state index contributed by atoms with van der Waals surface area (Å²) < 4.78 is 5.57. The van der Waals surface area contributed by atoms with E-state index in [2.05, 4.69) is 6.58 Å². The van der Waals surface area contributed by atoms with Crippen LogP contribution in [0.25, 0.3) is 5.76 Å². The molecule has 0 saturated carbocycles. The van der Waals surface area contributed by atoms with Crippen LogP contribution in [0.2, 0.25) is 0 Å². The third-order valence-corrected chi connectivity index (χ3v) is 4.88. The molecule has 1 N–H and O–H groups in total. The number of Topliss-reactive ketones (excluding diaryl/α,β-unsaturated/α-hetero) is 1. The molecule has 0 radical (unpaired) electrons. The van der Waals surface area contributed by atoms with E-state index in [0.717, 1.165) is 0 Å². The van der Waals surface area contributed by atoms with Crippen molar-refractivity contribution in [2.24, 2.45) is 0 Å². The van der Waals surface area contributed by atoms with Crippen molar-refractivity contribution in [2.75, 3.05) is 13.2 Å². The zero-order valence-corrected chi connectivity index (χ0v) is 17.0. The number of carbonyl (C=O) groups excluding carboxylic acids is 2. The minimum absolute atomic E-state index is 0.0905. The number of hydrogen-bond acceptors (Lipinski definition) is 6. The summed E-state index contributed by atoms with van der Waals surface area (Å²) in [5.41, 5.74) is 0.331. The molecule has 1 amide bonds. The Hall–Kier alpha value is -3.94. The SMILES string of the molecule is C=CCOc1cccc(C2/C(=C(/O)c3cccc([N+](=O)[O-])c3)C(=O)C(=O)N2CCC)c1. The van der Waals surface area contributed by atoms with E-state index >= 15 is 0 Å². The first-order valence-electron chi connectivity index (χ1n) is 9.76. The summed E-state index contributed by atoms with van der Waals surface area (Å²) in [7, 11) is 0. The van der Waals surface area contributed by atoms with Gasteiger partial charge in [0.05, 0.1) is 16.5 Å². The van der Waals surface area contributed by atoms with Gasteiger partial charge < -0.3 is 14.7 Å². The van der Waals surface area contributed by atoms with Crippen molar-refractivity contribution >= 4 is 23.1 Å². The maximum Gasteiger partial charge on any atom is 0.295 e. The number of benzene rings is 2. The standard InChI is InChI=1S/C23H22N2O6/c1-3-11-24-20(15-7-6-10-18(14-15)31-12-4-2)19(22(27)23(24)28)21(26)16-8-5-9-17(13-16)25(29)30/h4-10,13-14,20,26H,2-3,11-12H2,1H3/b21-19-. The molecule has 2 aromatic rings. The number of carbonyl (C=O) groups is 2. The van der Waals surface area contributed by atoms with Crippen LogP contribution in [-0.4, -0.2) is 39.8 Å². The second kappa shape index (κ2) is 9.25. The van der Waals surface area contributed by atoms with E-state index < -0.39 is 28.4 Å². The zero-order valence-electron chi connectivity index (χ0n) is 17.0. The molecule has 8 heteroatoms. The van der Waals surface area contributed by atoms with E-state index in [-0.39, 0.29) is 23.4 Å². The van der Waals surface area contributed by atoms with Crippen molar-refractivity contribution in [3.63, 3.8) is 0 Å². The quantitative estimate of drug-likeness (QED) is 0.172. The molecule has 0 aromatic heterocycles. The highest BCUT2D eigenvalue weighted by Gasteiger charge is 2.45. The van der Waals surface area contributed by atoms with Crippen LogP contribution >= 0.6 is 0 Å². The Morgan fingerprint density at radius 1 is 1.26 bits per heavy atom. The fourth-order valence-electron chi connectivity index (χ4n) is 3.55. The largest absolute Gasteiger partial charge is 0.507 e. The van der Waals surface area contributed by atoms with Crippen LogP contribution in [0.15, 0.2) is 66.8 Å². The zero-order chi connectivity index (χ0) is 22.5. The Morgan fingerprint density at radius 3 is 2.68 bits per heavy atom. The lowest BCUT2D eigenvalue weighted by Crippen LogP contribution is -2.30. The van der Waals surface area contributed by atoms with Gasteiger partial charge in [-0.25, -0.2) is 0 Å². The van der Waals surface area contributed by atoms with Crippen molar-refractivity contribution in [3.8, 4) is 5.75 Å². The number of hydrogen-bond donors (Lipinski definition) is 1. The summed E-state index contributed by atoms with van der Waals surface area (Å²) in [6.45, 7) is 6.07. The van der Waals surface area contributed by atoms with Crippen LogP contribution in [0.3, 0.4) is 0 Å². The Bertz CT molecular complexity index is 1080. The fraction of sp³-hybridized carbons (Fsp3) is 0.217. The first-order valence-corrected chi connectivity index (χ1v) is 9.76. The van der Waals surface area contributed by atoms with Gasteiger partial charge in [0.2, 0.25) is 0 Å². The maximum atomic E-state index is 12.9. The predicted octanol–water partition coefficient (Wildman–Crippen LogP) is 3.99. The van der Waals surface area contributed by atoms with Gasteiger partial charge in [0.15, 0.2) is 0 Å². The topological polar surface area (TPSA) is 110 Å². The molecule has 1 heterocycles. The fourth-order valence-corrected chi connectivity index (χ4v) is 3.55. The van der Waals surface area contributed by atoms with Gasteiger partial charge in [-0.15, -0.1) is 0 Å². The lowest BCUT2D eigenvalue weighted by Gasteiger charge is -2.25. The van der Waals surface area contributed by atoms with E-state index in [4.69, 9.17) is 4.74 Å². The molecular weight excluding hydrogens is 400 g/mol. The third-order valence-electron chi connectivity index (χ3n) is 4.88.